The van der Waals surface area contributed by atoms with Crippen LogP contribution in [0.3, 0.4) is 0 Å². The smallest absolute Gasteiger partial charge is 0.0520 e. The van der Waals surface area contributed by atoms with E-state index in [-0.39, 0.29) is 0 Å². The van der Waals surface area contributed by atoms with E-state index in [1.165, 1.54) is 71.7 Å². The highest BCUT2D eigenvalue weighted by Crippen LogP contribution is 2.45. The van der Waals surface area contributed by atoms with Gasteiger partial charge in [-0.25, -0.2) is 0 Å². The van der Waals surface area contributed by atoms with Gasteiger partial charge in [-0.15, -0.1) is 0 Å². The lowest BCUT2D eigenvalue weighted by Crippen LogP contribution is -2.13. The first kappa shape index (κ1) is 26.7. The summed E-state index contributed by atoms with van der Waals surface area (Å²) in [7, 11) is 0. The zero-order valence-corrected chi connectivity index (χ0v) is 25.2. The molecule has 0 radical (unpaired) electrons. The third-order valence-electron chi connectivity index (χ3n) is 8.56. The van der Waals surface area contributed by atoms with Crippen molar-refractivity contribution >= 4 is 38.6 Å². The first-order valence-corrected chi connectivity index (χ1v) is 15.0. The van der Waals surface area contributed by atoms with Gasteiger partial charge >= 0.3 is 0 Å². The molecule has 0 aromatic heterocycles. The maximum atomic E-state index is 2.40. The number of hydrogen-bond donors (Lipinski definition) is 0. The molecule has 0 unspecified atom stereocenters. The average Bonchev–Trinajstić information content (AvgIpc) is 3.03. The molecule has 0 heterocycles. The molecule has 0 fully saturated rings. The van der Waals surface area contributed by atoms with Gasteiger partial charge in [0, 0.05) is 11.4 Å². The second-order valence-corrected chi connectivity index (χ2v) is 11.7. The number of aryl methyl sites for hydroxylation is 4. The average molecular weight is 554 g/mol. The number of benzene rings is 7. The van der Waals surface area contributed by atoms with Crippen LogP contribution in [0.4, 0.5) is 17.1 Å². The molecule has 0 N–H and O–H groups in total. The molecular formula is C42H35N. The second kappa shape index (κ2) is 10.9. The van der Waals surface area contributed by atoms with Gasteiger partial charge in [0.1, 0.15) is 0 Å². The van der Waals surface area contributed by atoms with Crippen LogP contribution in [0.15, 0.2) is 140 Å². The molecule has 208 valence electrons. The van der Waals surface area contributed by atoms with Crippen LogP contribution in [0.1, 0.15) is 22.3 Å². The highest BCUT2D eigenvalue weighted by Gasteiger charge is 2.19. The molecule has 0 aliphatic heterocycles. The summed E-state index contributed by atoms with van der Waals surface area (Å²) in [5.74, 6) is 0. The van der Waals surface area contributed by atoms with Crippen LogP contribution in [0.25, 0.3) is 43.8 Å². The summed E-state index contributed by atoms with van der Waals surface area (Å²) in [6.07, 6.45) is 0. The normalized spacial score (nSPS) is 11.3. The van der Waals surface area contributed by atoms with Crippen LogP contribution in [0, 0.1) is 27.7 Å². The maximum Gasteiger partial charge on any atom is 0.0520 e. The largest absolute Gasteiger partial charge is 0.310 e. The van der Waals surface area contributed by atoms with Gasteiger partial charge in [0.15, 0.2) is 0 Å². The van der Waals surface area contributed by atoms with E-state index in [2.05, 4.69) is 172 Å². The van der Waals surface area contributed by atoms with E-state index in [0.29, 0.717) is 0 Å². The predicted molar refractivity (Wildman–Crippen MR) is 186 cm³/mol. The fourth-order valence-corrected chi connectivity index (χ4v) is 6.76. The molecule has 0 aliphatic rings. The Labute approximate surface area is 254 Å². The van der Waals surface area contributed by atoms with Crippen molar-refractivity contribution in [1.82, 2.24) is 0 Å². The van der Waals surface area contributed by atoms with E-state index < -0.39 is 0 Å². The Morgan fingerprint density at radius 3 is 1.23 bits per heavy atom. The highest BCUT2D eigenvalue weighted by molar-refractivity contribution is 6.21. The zero-order valence-electron chi connectivity index (χ0n) is 25.2. The summed E-state index contributed by atoms with van der Waals surface area (Å²) in [5, 5.41) is 5.10. The van der Waals surface area contributed by atoms with E-state index in [1.807, 2.05) is 0 Å². The molecule has 0 aliphatic carbocycles. The molecule has 0 saturated carbocycles. The summed E-state index contributed by atoms with van der Waals surface area (Å²) in [4.78, 5) is 2.40. The Morgan fingerprint density at radius 2 is 0.767 bits per heavy atom. The summed E-state index contributed by atoms with van der Waals surface area (Å²) >= 11 is 0. The minimum atomic E-state index is 1.15. The summed E-state index contributed by atoms with van der Waals surface area (Å²) in [5.41, 5.74) is 13.7. The Balaban J connectivity index is 1.44. The molecule has 7 rings (SSSR count). The van der Waals surface area contributed by atoms with Crippen LogP contribution < -0.4 is 4.90 Å². The lowest BCUT2D eigenvalue weighted by Gasteiger charge is -2.29. The van der Waals surface area contributed by atoms with Crippen molar-refractivity contribution in [2.75, 3.05) is 4.90 Å². The molecule has 0 spiro atoms. The van der Waals surface area contributed by atoms with Crippen LogP contribution >= 0.6 is 0 Å². The van der Waals surface area contributed by atoms with Gasteiger partial charge in [0.2, 0.25) is 0 Å². The highest BCUT2D eigenvalue weighted by atomic mass is 15.1. The van der Waals surface area contributed by atoms with Gasteiger partial charge in [-0.3, -0.25) is 0 Å². The zero-order chi connectivity index (χ0) is 29.5. The Hall–Kier alpha value is -5.14. The number of nitrogens with zero attached hydrogens (tertiary/aromatic N) is 1. The minimum Gasteiger partial charge on any atom is -0.310 e. The predicted octanol–water partition coefficient (Wildman–Crippen LogP) is 12.0. The Kier molecular flexibility index (Phi) is 6.80. The van der Waals surface area contributed by atoms with Crippen LogP contribution in [0.2, 0.25) is 0 Å². The van der Waals surface area contributed by atoms with Crippen molar-refractivity contribution in [1.29, 1.82) is 0 Å². The minimum absolute atomic E-state index is 1.15. The van der Waals surface area contributed by atoms with Crippen LogP contribution in [-0.2, 0) is 0 Å². The molecule has 1 heteroatoms. The van der Waals surface area contributed by atoms with Crippen LogP contribution in [0.5, 0.6) is 0 Å². The van der Waals surface area contributed by atoms with Crippen molar-refractivity contribution < 1.29 is 0 Å². The Morgan fingerprint density at radius 1 is 0.372 bits per heavy atom. The number of hydrogen-bond acceptors (Lipinski definition) is 1. The lowest BCUT2D eigenvalue weighted by atomic mass is 9.86. The van der Waals surface area contributed by atoms with Crippen molar-refractivity contribution in [3.05, 3.63) is 162 Å². The van der Waals surface area contributed by atoms with E-state index in [1.54, 1.807) is 0 Å². The van der Waals surface area contributed by atoms with Crippen molar-refractivity contribution in [2.45, 2.75) is 27.7 Å². The van der Waals surface area contributed by atoms with E-state index in [9.17, 15) is 0 Å². The van der Waals surface area contributed by atoms with E-state index >= 15 is 0 Å². The number of fused-ring (bicyclic) bond motifs is 2. The first-order chi connectivity index (χ1) is 21.0. The van der Waals surface area contributed by atoms with Crippen LogP contribution in [-0.4, -0.2) is 0 Å². The van der Waals surface area contributed by atoms with Gasteiger partial charge in [-0.2, -0.15) is 0 Å². The summed E-state index contributed by atoms with van der Waals surface area (Å²) < 4.78 is 0. The molecule has 0 bridgehead atoms. The molecule has 0 amide bonds. The summed E-state index contributed by atoms with van der Waals surface area (Å²) in [6, 6.07) is 51.1. The molecular weight excluding hydrogens is 518 g/mol. The van der Waals surface area contributed by atoms with Gasteiger partial charge in [-0.1, -0.05) is 126 Å². The molecule has 7 aromatic rings. The SMILES string of the molecule is Cc1ccc(N(c2ccc(-c3c4ccccc4c(-c4ccccc4)c4ccccc34)cc2)c2c(C)cc(C)cc2C)cc1. The fourth-order valence-electron chi connectivity index (χ4n) is 6.76. The van der Waals surface area contributed by atoms with Crippen molar-refractivity contribution in [3.63, 3.8) is 0 Å². The van der Waals surface area contributed by atoms with Crippen molar-refractivity contribution in [3.8, 4) is 22.3 Å². The molecule has 7 aromatic carbocycles. The monoisotopic (exact) mass is 553 g/mol. The first-order valence-electron chi connectivity index (χ1n) is 15.0. The van der Waals surface area contributed by atoms with Gasteiger partial charge in [-0.05, 0) is 107 Å². The lowest BCUT2D eigenvalue weighted by molar-refractivity contribution is 1.20. The van der Waals surface area contributed by atoms with Gasteiger partial charge < -0.3 is 4.90 Å². The molecule has 0 saturated heterocycles. The number of anilines is 3. The molecule has 0 atom stereocenters. The summed E-state index contributed by atoms with van der Waals surface area (Å²) in [6.45, 7) is 8.75. The Bertz CT molecular complexity index is 2010. The maximum absolute atomic E-state index is 2.40. The fraction of sp³-hybridized carbons (Fsp3) is 0.0952. The van der Waals surface area contributed by atoms with E-state index in [4.69, 9.17) is 0 Å². The molecule has 43 heavy (non-hydrogen) atoms. The number of rotatable bonds is 5. The quantitative estimate of drug-likeness (QED) is 0.192. The van der Waals surface area contributed by atoms with Gasteiger partial charge in [0.05, 0.1) is 5.69 Å². The van der Waals surface area contributed by atoms with E-state index in [0.717, 1.165) is 11.4 Å². The molecule has 1 nitrogen and oxygen atoms in total. The van der Waals surface area contributed by atoms with Gasteiger partial charge in [0.25, 0.3) is 0 Å². The standard InChI is InChI=1S/C42H35N/c1-28-18-22-34(23-19-28)43(42-30(3)26-29(2)27-31(42)4)35-24-20-33(21-25-35)41-38-16-10-8-14-36(38)40(32-12-6-5-7-13-32)37-15-9-11-17-39(37)41/h5-27H,1-4H3. The topological polar surface area (TPSA) is 3.24 Å². The third-order valence-corrected chi connectivity index (χ3v) is 8.56. The van der Waals surface area contributed by atoms with Crippen molar-refractivity contribution in [2.24, 2.45) is 0 Å². The second-order valence-electron chi connectivity index (χ2n) is 11.7. The third kappa shape index (κ3) is 4.77.